The van der Waals surface area contributed by atoms with Crippen molar-refractivity contribution in [2.45, 2.75) is 31.6 Å². The molecule has 128 valence electrons. The molecule has 1 aromatic carbocycles. The van der Waals surface area contributed by atoms with Crippen LogP contribution in [-0.4, -0.2) is 41.3 Å². The van der Waals surface area contributed by atoms with Gasteiger partial charge in [0, 0.05) is 22.5 Å². The van der Waals surface area contributed by atoms with Crippen LogP contribution in [0, 0.1) is 9.49 Å². The van der Waals surface area contributed by atoms with E-state index in [9.17, 15) is 0 Å². The lowest BCUT2D eigenvalue weighted by Crippen LogP contribution is -2.46. The van der Waals surface area contributed by atoms with Crippen molar-refractivity contribution in [2.75, 3.05) is 26.2 Å². The monoisotopic (exact) mass is 439 g/mol. The normalized spacial score (nSPS) is 25.8. The maximum Gasteiger partial charge on any atom is 0.226 e. The van der Waals surface area contributed by atoms with Crippen LogP contribution in [0.3, 0.4) is 0 Å². The number of benzene rings is 1. The molecule has 3 fully saturated rings. The number of nitrogens with zero attached hydrogens (tertiary/aromatic N) is 3. The van der Waals surface area contributed by atoms with Crippen LogP contribution in [0.25, 0.3) is 0 Å². The van der Waals surface area contributed by atoms with Crippen LogP contribution in [0.1, 0.15) is 36.9 Å². The molecule has 3 aliphatic rings. The molecule has 2 bridgehead atoms. The zero-order valence-electron chi connectivity index (χ0n) is 13.7. The molecule has 6 heteroatoms. The number of piperidine rings is 3. The van der Waals surface area contributed by atoms with E-state index in [0.29, 0.717) is 12.5 Å². The van der Waals surface area contributed by atoms with Gasteiger partial charge in [0.15, 0.2) is 5.82 Å². The van der Waals surface area contributed by atoms with Crippen molar-refractivity contribution in [3.63, 3.8) is 0 Å². The van der Waals surface area contributed by atoms with Crippen LogP contribution in [-0.2, 0) is 6.42 Å². The molecule has 5 nitrogen and oxygen atoms in total. The molecular formula is C18H22IN3O2. The van der Waals surface area contributed by atoms with Crippen molar-refractivity contribution in [2.24, 2.45) is 5.92 Å². The fraction of sp³-hybridized carbons (Fsp3) is 0.556. The molecule has 4 heterocycles. The number of ether oxygens (including phenoxy) is 1. The fourth-order valence-electron chi connectivity index (χ4n) is 3.72. The average molecular weight is 439 g/mol. The molecule has 1 aromatic heterocycles. The minimum atomic E-state index is 0.466. The van der Waals surface area contributed by atoms with E-state index in [4.69, 9.17) is 9.26 Å². The third-order valence-electron chi connectivity index (χ3n) is 5.09. The third kappa shape index (κ3) is 3.74. The second-order valence-electron chi connectivity index (χ2n) is 6.70. The van der Waals surface area contributed by atoms with Crippen molar-refractivity contribution >= 4 is 22.6 Å². The first-order chi connectivity index (χ1) is 11.8. The minimum Gasteiger partial charge on any atom is -0.494 e. The molecule has 0 spiro atoms. The molecule has 24 heavy (non-hydrogen) atoms. The molecule has 0 aliphatic carbocycles. The number of aromatic nitrogens is 2. The number of halogens is 1. The lowest BCUT2D eigenvalue weighted by Gasteiger charge is -2.43. The second kappa shape index (κ2) is 7.39. The van der Waals surface area contributed by atoms with Crippen LogP contribution in [0.2, 0.25) is 0 Å². The van der Waals surface area contributed by atoms with Gasteiger partial charge in [0.1, 0.15) is 5.75 Å². The van der Waals surface area contributed by atoms with Crippen LogP contribution >= 0.6 is 22.6 Å². The Labute approximate surface area is 155 Å². The van der Waals surface area contributed by atoms with Crippen molar-refractivity contribution in [1.82, 2.24) is 15.0 Å². The number of fused-ring (bicyclic) bond motifs is 3. The summed E-state index contributed by atoms with van der Waals surface area (Å²) in [4.78, 5) is 7.17. The van der Waals surface area contributed by atoms with E-state index in [-0.39, 0.29) is 0 Å². The van der Waals surface area contributed by atoms with Gasteiger partial charge in [-0.05, 0) is 85.1 Å². The summed E-state index contributed by atoms with van der Waals surface area (Å²) in [7, 11) is 0. The average Bonchev–Trinajstić information content (AvgIpc) is 3.10. The predicted molar refractivity (Wildman–Crippen MR) is 99.2 cm³/mol. The summed E-state index contributed by atoms with van der Waals surface area (Å²) >= 11 is 2.29. The first kappa shape index (κ1) is 16.3. The highest BCUT2D eigenvalue weighted by atomic mass is 127. The van der Waals surface area contributed by atoms with E-state index < -0.39 is 0 Å². The number of aryl methyl sites for hydroxylation is 1. The summed E-state index contributed by atoms with van der Waals surface area (Å²) in [6.07, 6.45) is 4.21. The molecule has 0 radical (unpaired) electrons. The van der Waals surface area contributed by atoms with Gasteiger partial charge >= 0.3 is 0 Å². The molecule has 1 unspecified atom stereocenters. The first-order valence-electron chi connectivity index (χ1n) is 8.71. The molecule has 0 saturated carbocycles. The van der Waals surface area contributed by atoms with Gasteiger partial charge in [-0.25, -0.2) is 0 Å². The summed E-state index contributed by atoms with van der Waals surface area (Å²) in [6, 6.07) is 8.10. The summed E-state index contributed by atoms with van der Waals surface area (Å²) in [5.41, 5.74) is 0. The van der Waals surface area contributed by atoms with E-state index in [1.165, 1.54) is 29.5 Å². The Morgan fingerprint density at radius 3 is 2.71 bits per heavy atom. The minimum absolute atomic E-state index is 0.466. The van der Waals surface area contributed by atoms with Crippen LogP contribution < -0.4 is 4.74 Å². The molecular weight excluding hydrogens is 417 g/mol. The predicted octanol–water partition coefficient (Wildman–Crippen LogP) is 3.50. The van der Waals surface area contributed by atoms with Crippen molar-refractivity contribution in [1.29, 1.82) is 0 Å². The maximum absolute atomic E-state index is 5.75. The van der Waals surface area contributed by atoms with Gasteiger partial charge in [0.2, 0.25) is 5.89 Å². The summed E-state index contributed by atoms with van der Waals surface area (Å²) in [6.45, 7) is 4.24. The summed E-state index contributed by atoms with van der Waals surface area (Å²) in [5, 5.41) is 4.25. The Morgan fingerprint density at radius 2 is 2.00 bits per heavy atom. The van der Waals surface area contributed by atoms with Crippen molar-refractivity contribution < 1.29 is 9.26 Å². The summed E-state index contributed by atoms with van der Waals surface area (Å²) < 4.78 is 12.4. The highest BCUT2D eigenvalue weighted by molar-refractivity contribution is 14.1. The smallest absolute Gasteiger partial charge is 0.226 e. The molecule has 5 rings (SSSR count). The molecule has 3 saturated heterocycles. The van der Waals surface area contributed by atoms with E-state index in [0.717, 1.165) is 42.8 Å². The lowest BCUT2D eigenvalue weighted by molar-refractivity contribution is 0.0825. The topological polar surface area (TPSA) is 51.4 Å². The van der Waals surface area contributed by atoms with Crippen molar-refractivity contribution in [3.05, 3.63) is 39.6 Å². The standard InChI is InChI=1S/C18H22IN3O2/c19-14-3-5-15(6-4-14)23-11-1-2-17-20-18(21-24-17)16-12-22-9-7-13(16)8-10-22/h3-6,13,16H,1-2,7-12H2. The fourth-order valence-corrected chi connectivity index (χ4v) is 4.08. The van der Waals surface area contributed by atoms with E-state index in [1.807, 2.05) is 24.3 Å². The van der Waals surface area contributed by atoms with Gasteiger partial charge in [0.05, 0.1) is 6.61 Å². The number of hydrogen-bond acceptors (Lipinski definition) is 5. The molecule has 3 aliphatic heterocycles. The molecule has 1 atom stereocenters. The van der Waals surface area contributed by atoms with Gasteiger partial charge in [-0.15, -0.1) is 0 Å². The largest absolute Gasteiger partial charge is 0.494 e. The van der Waals surface area contributed by atoms with E-state index in [1.54, 1.807) is 0 Å². The zero-order valence-corrected chi connectivity index (χ0v) is 15.8. The third-order valence-corrected chi connectivity index (χ3v) is 5.81. The van der Waals surface area contributed by atoms with Crippen LogP contribution in [0.15, 0.2) is 28.8 Å². The Bertz CT molecular complexity index is 665. The van der Waals surface area contributed by atoms with Crippen LogP contribution in [0.5, 0.6) is 5.75 Å². The van der Waals surface area contributed by atoms with Crippen LogP contribution in [0.4, 0.5) is 0 Å². The Balaban J connectivity index is 1.26. The Kier molecular flexibility index (Phi) is 5.03. The van der Waals surface area contributed by atoms with Gasteiger partial charge in [0.25, 0.3) is 0 Å². The Hall–Kier alpha value is -1.15. The Morgan fingerprint density at radius 1 is 1.21 bits per heavy atom. The number of rotatable bonds is 6. The maximum atomic E-state index is 5.75. The van der Waals surface area contributed by atoms with Gasteiger partial charge < -0.3 is 14.2 Å². The van der Waals surface area contributed by atoms with Gasteiger partial charge in [-0.2, -0.15) is 4.98 Å². The summed E-state index contributed by atoms with van der Waals surface area (Å²) in [5.74, 6) is 3.78. The van der Waals surface area contributed by atoms with E-state index in [2.05, 4.69) is 37.6 Å². The molecule has 0 amide bonds. The first-order valence-corrected chi connectivity index (χ1v) is 9.79. The quantitative estimate of drug-likeness (QED) is 0.510. The number of hydrogen-bond donors (Lipinski definition) is 0. The van der Waals surface area contributed by atoms with Gasteiger partial charge in [-0.3, -0.25) is 0 Å². The molecule has 2 aromatic rings. The zero-order chi connectivity index (χ0) is 16.4. The van der Waals surface area contributed by atoms with E-state index >= 15 is 0 Å². The molecule has 0 N–H and O–H groups in total. The highest BCUT2D eigenvalue weighted by Crippen LogP contribution is 2.37. The second-order valence-corrected chi connectivity index (χ2v) is 7.94. The lowest BCUT2D eigenvalue weighted by atomic mass is 9.79. The van der Waals surface area contributed by atoms with Gasteiger partial charge in [-0.1, -0.05) is 5.16 Å². The highest BCUT2D eigenvalue weighted by Gasteiger charge is 2.37. The SMILES string of the molecule is Ic1ccc(OCCCc2nc(C3CN4CCC3CC4)no2)cc1. The van der Waals surface area contributed by atoms with Crippen molar-refractivity contribution in [3.8, 4) is 5.75 Å².